The molecule has 0 atom stereocenters. The fourth-order valence-electron chi connectivity index (χ4n) is 4.72. The summed E-state index contributed by atoms with van der Waals surface area (Å²) in [6, 6.07) is 17.7. The zero-order chi connectivity index (χ0) is 26.5. The van der Waals surface area contributed by atoms with Gasteiger partial charge in [0.15, 0.2) is 0 Å². The zero-order valence-corrected chi connectivity index (χ0v) is 20.8. The Bertz CT molecular complexity index is 1500. The lowest BCUT2D eigenvalue weighted by atomic mass is 9.90. The molecule has 1 aliphatic rings. The molecule has 0 bridgehead atoms. The number of allylic oxidation sites excluding steroid dienone is 1. The van der Waals surface area contributed by atoms with E-state index in [1.165, 1.54) is 6.33 Å². The van der Waals surface area contributed by atoms with Crippen molar-refractivity contribution in [3.05, 3.63) is 91.4 Å². The van der Waals surface area contributed by atoms with Crippen molar-refractivity contribution in [2.75, 3.05) is 5.73 Å². The van der Waals surface area contributed by atoms with Gasteiger partial charge in [0.25, 0.3) is 11.8 Å². The number of nitrogens with two attached hydrogens (primary N) is 1. The molecule has 0 radical (unpaired) electrons. The number of benzene rings is 2. The van der Waals surface area contributed by atoms with E-state index in [-0.39, 0.29) is 11.9 Å². The molecule has 9 heteroatoms. The first-order valence-electron chi connectivity index (χ1n) is 12.4. The van der Waals surface area contributed by atoms with Crippen LogP contribution in [0.1, 0.15) is 31.7 Å². The maximum atomic E-state index is 12.1. The van der Waals surface area contributed by atoms with Crippen molar-refractivity contribution in [3.8, 4) is 22.6 Å². The second-order valence-corrected chi connectivity index (χ2v) is 9.06. The fraction of sp³-hybridized carbons (Fsp3) is 0.172. The van der Waals surface area contributed by atoms with Crippen molar-refractivity contribution < 1.29 is 14.3 Å². The lowest BCUT2D eigenvalue weighted by molar-refractivity contribution is -0.123. The summed E-state index contributed by atoms with van der Waals surface area (Å²) in [5, 5.41) is 0.822. The first kappa shape index (κ1) is 24.8. The molecule has 2 aromatic carbocycles. The van der Waals surface area contributed by atoms with E-state index in [0.29, 0.717) is 5.82 Å². The average molecular weight is 509 g/mol. The van der Waals surface area contributed by atoms with Crippen molar-refractivity contribution in [2.45, 2.75) is 31.7 Å². The quantitative estimate of drug-likeness (QED) is 0.253. The number of nitrogens with one attached hydrogen (secondary N) is 2. The topological polar surface area (TPSA) is 124 Å². The summed E-state index contributed by atoms with van der Waals surface area (Å²) in [5.74, 6) is 1.13. The van der Waals surface area contributed by atoms with Crippen LogP contribution < -0.4 is 21.3 Å². The van der Waals surface area contributed by atoms with E-state index < -0.39 is 5.91 Å². The number of hydrazine groups is 1. The molecule has 9 nitrogen and oxygen atoms in total. The molecular weight excluding hydrogens is 480 g/mol. The molecule has 0 unspecified atom stereocenters. The minimum Gasteiger partial charge on any atom is -0.457 e. The summed E-state index contributed by atoms with van der Waals surface area (Å²) in [6.07, 6.45) is 9.44. The van der Waals surface area contributed by atoms with Gasteiger partial charge in [-0.15, -0.1) is 0 Å². The second-order valence-electron chi connectivity index (χ2n) is 9.06. The zero-order valence-electron chi connectivity index (χ0n) is 20.8. The highest BCUT2D eigenvalue weighted by Crippen LogP contribution is 2.39. The minimum absolute atomic E-state index is 0.196. The molecule has 1 fully saturated rings. The maximum absolute atomic E-state index is 12.1. The first-order chi connectivity index (χ1) is 18.5. The van der Waals surface area contributed by atoms with Crippen molar-refractivity contribution >= 4 is 28.7 Å². The van der Waals surface area contributed by atoms with E-state index in [9.17, 15) is 9.59 Å². The third-order valence-electron chi connectivity index (χ3n) is 6.60. The summed E-state index contributed by atoms with van der Waals surface area (Å²) in [5.41, 5.74) is 14.7. The lowest BCUT2D eigenvalue weighted by Crippen LogP contribution is -2.40. The van der Waals surface area contributed by atoms with Gasteiger partial charge >= 0.3 is 0 Å². The van der Waals surface area contributed by atoms with E-state index in [1.807, 2.05) is 54.6 Å². The first-order valence-corrected chi connectivity index (χ1v) is 12.4. The summed E-state index contributed by atoms with van der Waals surface area (Å²) >= 11 is 0. The van der Waals surface area contributed by atoms with Crippen LogP contribution in [0.2, 0.25) is 0 Å². The number of fused-ring (bicyclic) bond motifs is 1. The Labute approximate surface area is 220 Å². The molecule has 2 amide bonds. The number of carbonyl (C=O) groups is 2. The number of aromatic nitrogens is 3. The van der Waals surface area contributed by atoms with Crippen LogP contribution in [-0.2, 0) is 9.59 Å². The Balaban J connectivity index is 1.35. The molecule has 2 heterocycles. The van der Waals surface area contributed by atoms with Crippen molar-refractivity contribution in [1.29, 1.82) is 0 Å². The van der Waals surface area contributed by atoms with Gasteiger partial charge in [0.2, 0.25) is 0 Å². The standard InChI is InChI=1S/C29H28N6O3/c1-2-25(36)33-34-26(37)16-19-8-12-21(13-9-19)35-17-24(27-28(30)31-18-32-29(27)35)20-10-14-23(15-11-20)38-22-6-4-3-5-7-22/h2-7,10-11,14-18,21H,1,8-9,12-13H2,(H,33,36)(H,34,37)(H2,30,31,32). The molecule has 4 aromatic rings. The largest absolute Gasteiger partial charge is 0.457 e. The molecule has 0 aliphatic heterocycles. The Kier molecular flexibility index (Phi) is 7.17. The number of ether oxygens (including phenoxy) is 1. The van der Waals surface area contributed by atoms with Crippen LogP contribution in [-0.4, -0.2) is 26.3 Å². The fourth-order valence-corrected chi connectivity index (χ4v) is 4.72. The van der Waals surface area contributed by atoms with Crippen LogP contribution in [0.3, 0.4) is 0 Å². The third kappa shape index (κ3) is 5.41. The number of hydrogen-bond acceptors (Lipinski definition) is 6. The molecule has 1 aliphatic carbocycles. The van der Waals surface area contributed by atoms with Gasteiger partial charge in [0.05, 0.1) is 5.39 Å². The molecule has 192 valence electrons. The molecule has 0 saturated heterocycles. The van der Waals surface area contributed by atoms with Gasteiger partial charge in [-0.1, -0.05) is 42.5 Å². The van der Waals surface area contributed by atoms with Crippen LogP contribution >= 0.6 is 0 Å². The summed E-state index contributed by atoms with van der Waals surface area (Å²) < 4.78 is 8.12. The van der Waals surface area contributed by atoms with Gasteiger partial charge in [-0.3, -0.25) is 20.4 Å². The Morgan fingerprint density at radius 3 is 2.37 bits per heavy atom. The number of para-hydroxylation sites is 1. The molecular formula is C29H28N6O3. The van der Waals surface area contributed by atoms with Gasteiger partial charge in [0, 0.05) is 23.9 Å². The van der Waals surface area contributed by atoms with Crippen LogP contribution in [0.4, 0.5) is 5.82 Å². The lowest BCUT2D eigenvalue weighted by Gasteiger charge is -2.25. The van der Waals surface area contributed by atoms with Crippen LogP contribution in [0.5, 0.6) is 11.5 Å². The van der Waals surface area contributed by atoms with E-state index in [1.54, 1.807) is 6.08 Å². The highest BCUT2D eigenvalue weighted by molar-refractivity contribution is 6.00. The summed E-state index contributed by atoms with van der Waals surface area (Å²) in [7, 11) is 0. The number of anilines is 1. The number of rotatable bonds is 6. The summed E-state index contributed by atoms with van der Waals surface area (Å²) in [6.45, 7) is 3.35. The predicted octanol–water partition coefficient (Wildman–Crippen LogP) is 4.85. The average Bonchev–Trinajstić information content (AvgIpc) is 3.34. The number of amides is 2. The second kappa shape index (κ2) is 11.0. The molecule has 5 rings (SSSR count). The third-order valence-corrected chi connectivity index (χ3v) is 6.60. The molecule has 4 N–H and O–H groups in total. The van der Waals surface area contributed by atoms with Crippen molar-refractivity contribution in [2.24, 2.45) is 0 Å². The van der Waals surface area contributed by atoms with E-state index in [2.05, 4.69) is 38.2 Å². The predicted molar refractivity (Wildman–Crippen MR) is 146 cm³/mol. The van der Waals surface area contributed by atoms with Crippen LogP contribution in [0.25, 0.3) is 22.2 Å². The molecule has 0 spiro atoms. The van der Waals surface area contributed by atoms with Crippen LogP contribution in [0.15, 0.2) is 91.4 Å². The van der Waals surface area contributed by atoms with E-state index in [0.717, 1.165) is 71.0 Å². The number of nitrogens with zero attached hydrogens (tertiary/aromatic N) is 3. The van der Waals surface area contributed by atoms with Crippen molar-refractivity contribution in [1.82, 2.24) is 25.4 Å². The van der Waals surface area contributed by atoms with Gasteiger partial charge < -0.3 is 15.0 Å². The SMILES string of the molecule is C=CC(=O)NNC(=O)C=C1CCC(n2cc(-c3ccc(Oc4ccccc4)cc3)c3c(N)ncnc32)CC1. The van der Waals surface area contributed by atoms with E-state index in [4.69, 9.17) is 10.5 Å². The monoisotopic (exact) mass is 508 g/mol. The molecule has 38 heavy (non-hydrogen) atoms. The minimum atomic E-state index is -0.463. The highest BCUT2D eigenvalue weighted by atomic mass is 16.5. The van der Waals surface area contributed by atoms with Crippen LogP contribution in [0, 0.1) is 0 Å². The normalized spacial score (nSPS) is 15.1. The highest BCUT2D eigenvalue weighted by Gasteiger charge is 2.24. The van der Waals surface area contributed by atoms with Crippen molar-refractivity contribution in [3.63, 3.8) is 0 Å². The molecule has 1 saturated carbocycles. The van der Waals surface area contributed by atoms with Gasteiger partial charge in [0.1, 0.15) is 29.3 Å². The molecule has 2 aromatic heterocycles. The van der Waals surface area contributed by atoms with Gasteiger partial charge in [-0.2, -0.15) is 0 Å². The number of carbonyl (C=O) groups excluding carboxylic acids is 2. The van der Waals surface area contributed by atoms with Gasteiger partial charge in [-0.25, -0.2) is 9.97 Å². The Hall–Kier alpha value is -4.92. The van der Waals surface area contributed by atoms with Gasteiger partial charge in [-0.05, 0) is 61.6 Å². The Morgan fingerprint density at radius 2 is 1.66 bits per heavy atom. The smallest absolute Gasteiger partial charge is 0.262 e. The van der Waals surface area contributed by atoms with E-state index >= 15 is 0 Å². The Morgan fingerprint density at radius 1 is 0.974 bits per heavy atom. The maximum Gasteiger partial charge on any atom is 0.262 e. The number of hydrogen-bond donors (Lipinski definition) is 3. The number of nitrogen functional groups attached to an aromatic ring is 1. The summed E-state index contributed by atoms with van der Waals surface area (Å²) in [4.78, 5) is 32.2.